The summed E-state index contributed by atoms with van der Waals surface area (Å²) in [7, 11) is 0. The Kier molecular flexibility index (Phi) is 12.0. The maximum absolute atomic E-state index is 12.0. The van der Waals surface area contributed by atoms with E-state index in [9.17, 15) is 9.59 Å². The van der Waals surface area contributed by atoms with Crippen molar-refractivity contribution in [1.29, 1.82) is 0 Å². The summed E-state index contributed by atoms with van der Waals surface area (Å²) in [6, 6.07) is 20.7. The highest BCUT2D eigenvalue weighted by atomic mass is 35.5. The van der Waals surface area contributed by atoms with Gasteiger partial charge in [-0.1, -0.05) is 58.6 Å². The number of aromatic nitrogens is 2. The van der Waals surface area contributed by atoms with Gasteiger partial charge in [0.2, 0.25) is 0 Å². The summed E-state index contributed by atoms with van der Waals surface area (Å²) in [4.78, 5) is 37.1. The van der Waals surface area contributed by atoms with Crippen LogP contribution in [0.15, 0.2) is 84.2 Å². The molecule has 4 aliphatic rings. The minimum absolute atomic E-state index is 0.215. The average molecular weight is 766 g/mol. The third-order valence-electron chi connectivity index (χ3n) is 10.7. The number of halogens is 2. The van der Waals surface area contributed by atoms with E-state index < -0.39 is 0 Å². The minimum atomic E-state index is -0.215. The molecule has 4 aromatic rings. The van der Waals surface area contributed by atoms with E-state index >= 15 is 0 Å². The van der Waals surface area contributed by atoms with Gasteiger partial charge >= 0.3 is 12.2 Å². The first kappa shape index (κ1) is 37.6. The second-order valence-electron chi connectivity index (χ2n) is 14.0. The predicted molar refractivity (Wildman–Crippen MR) is 214 cm³/mol. The van der Waals surface area contributed by atoms with E-state index in [1.807, 2.05) is 50.5 Å². The van der Waals surface area contributed by atoms with Crippen LogP contribution in [0.1, 0.15) is 84.3 Å². The van der Waals surface area contributed by atoms with E-state index in [4.69, 9.17) is 42.6 Å². The molecule has 0 saturated carbocycles. The summed E-state index contributed by atoms with van der Waals surface area (Å²) >= 11 is 12.5. The van der Waals surface area contributed by atoms with Crippen LogP contribution in [0.3, 0.4) is 0 Å². The number of aryl methyl sites for hydroxylation is 4. The molecule has 8 rings (SSSR count). The van der Waals surface area contributed by atoms with Gasteiger partial charge in [0.1, 0.15) is 0 Å². The largest absolute Gasteiger partial charge is 0.450 e. The first-order valence-electron chi connectivity index (χ1n) is 19.1. The van der Waals surface area contributed by atoms with Crippen molar-refractivity contribution < 1.29 is 19.1 Å². The Morgan fingerprint density at radius 3 is 1.35 bits per heavy atom. The molecule has 2 fully saturated rings. The number of rotatable bonds is 2. The Balaban J connectivity index is 0.000000167. The van der Waals surface area contributed by atoms with E-state index in [1.165, 1.54) is 55.7 Å². The standard InChI is InChI=1S/2C22H23ClN2O2/c2*1-2-27-22(26)25-12-9-15(10-13-25)20-19-8-7-18(23)14-17(19)6-5-16-4-3-11-24-21(16)20/h2*3-4,7-8,11,14H,2,5-6,9-10,12-13H2,1H3. The fraction of sp³-hybridized carbons (Fsp3) is 0.364. The van der Waals surface area contributed by atoms with Gasteiger partial charge in [-0.2, -0.15) is 0 Å². The number of piperidine rings is 2. The van der Waals surface area contributed by atoms with Crippen LogP contribution in [0.5, 0.6) is 0 Å². The Bertz CT molecular complexity index is 1940. The lowest BCUT2D eigenvalue weighted by atomic mass is 9.88. The number of ether oxygens (including phenoxy) is 2. The van der Waals surface area contributed by atoms with Crippen LogP contribution in [-0.2, 0) is 35.2 Å². The van der Waals surface area contributed by atoms with Crippen LogP contribution in [0, 0.1) is 0 Å². The number of pyridine rings is 2. The Hall–Kier alpha value is -4.66. The van der Waals surface area contributed by atoms with Gasteiger partial charge in [-0.25, -0.2) is 9.59 Å². The number of hydrogen-bond acceptors (Lipinski definition) is 6. The number of carbonyl (C=O) groups is 2. The summed E-state index contributed by atoms with van der Waals surface area (Å²) in [5.74, 6) is 0. The number of fused-ring (bicyclic) bond motifs is 4. The van der Waals surface area contributed by atoms with Crippen molar-refractivity contribution in [2.75, 3.05) is 39.4 Å². The van der Waals surface area contributed by atoms with Crippen molar-refractivity contribution in [3.8, 4) is 0 Å². The van der Waals surface area contributed by atoms with Gasteiger partial charge in [-0.15, -0.1) is 0 Å². The molecule has 0 bridgehead atoms. The summed E-state index contributed by atoms with van der Waals surface area (Å²) in [6.07, 6.45) is 10.5. The molecular formula is C44H46Cl2N4O4. The number of hydrogen-bond donors (Lipinski definition) is 0. The van der Waals surface area contributed by atoms with Crippen LogP contribution in [0.2, 0.25) is 10.0 Å². The molecule has 4 heterocycles. The minimum Gasteiger partial charge on any atom is -0.450 e. The maximum atomic E-state index is 12.0. The van der Waals surface area contributed by atoms with Gasteiger partial charge in [0.05, 0.1) is 24.6 Å². The molecule has 2 saturated heterocycles. The maximum Gasteiger partial charge on any atom is 0.409 e. The topological polar surface area (TPSA) is 84.9 Å². The molecule has 0 unspecified atom stereocenters. The van der Waals surface area contributed by atoms with Crippen LogP contribution in [-0.4, -0.2) is 71.3 Å². The third kappa shape index (κ3) is 8.20. The van der Waals surface area contributed by atoms with Gasteiger partial charge in [-0.05, 0) is 135 Å². The van der Waals surface area contributed by atoms with Gasteiger partial charge in [-0.3, -0.25) is 9.97 Å². The zero-order chi connectivity index (χ0) is 37.6. The van der Waals surface area contributed by atoms with Crippen molar-refractivity contribution in [2.45, 2.75) is 65.2 Å². The number of likely N-dealkylation sites (tertiary alicyclic amines) is 2. The summed E-state index contributed by atoms with van der Waals surface area (Å²) < 4.78 is 10.3. The van der Waals surface area contributed by atoms with Gasteiger partial charge in [0.15, 0.2) is 0 Å². The molecule has 8 nitrogen and oxygen atoms in total. The average Bonchev–Trinajstić information content (AvgIpc) is 3.46. The SMILES string of the molecule is CCOC(=O)N1CCC(=C2c3ccc(Cl)cc3CCc3cccnc32)CC1.CCOC(=O)N1CCC(=C2c3ccc(Cl)cc3CCc3cccnc32)CC1. The summed E-state index contributed by atoms with van der Waals surface area (Å²) in [5.41, 5.74) is 14.9. The van der Waals surface area contributed by atoms with Crippen molar-refractivity contribution in [2.24, 2.45) is 0 Å². The predicted octanol–water partition coefficient (Wildman–Crippen LogP) is 9.78. The number of carbonyl (C=O) groups excluding carboxylic acids is 2. The molecule has 0 radical (unpaired) electrons. The number of nitrogens with zero attached hydrogens (tertiary/aromatic N) is 4. The normalized spacial score (nSPS) is 16.4. The van der Waals surface area contributed by atoms with Gasteiger partial charge in [0, 0.05) is 59.8 Å². The van der Waals surface area contributed by atoms with Crippen molar-refractivity contribution in [3.05, 3.63) is 139 Å². The molecule has 2 aliphatic carbocycles. The molecule has 10 heteroatoms. The highest BCUT2D eigenvalue weighted by Gasteiger charge is 2.28. The molecule has 2 aliphatic heterocycles. The highest BCUT2D eigenvalue weighted by molar-refractivity contribution is 6.31. The van der Waals surface area contributed by atoms with Crippen LogP contribution < -0.4 is 0 Å². The van der Waals surface area contributed by atoms with Crippen LogP contribution in [0.25, 0.3) is 11.1 Å². The lowest BCUT2D eigenvalue weighted by molar-refractivity contribution is 0.103. The fourth-order valence-electron chi connectivity index (χ4n) is 8.11. The van der Waals surface area contributed by atoms with Crippen molar-refractivity contribution in [1.82, 2.24) is 19.8 Å². The molecule has 2 aromatic carbocycles. The number of benzene rings is 2. The number of amides is 2. The van der Waals surface area contributed by atoms with Crippen LogP contribution >= 0.6 is 23.2 Å². The quantitative estimate of drug-likeness (QED) is 0.202. The summed E-state index contributed by atoms with van der Waals surface area (Å²) in [6.45, 7) is 7.23. The Morgan fingerprint density at radius 2 is 0.963 bits per heavy atom. The first-order valence-corrected chi connectivity index (χ1v) is 19.8. The zero-order valence-corrected chi connectivity index (χ0v) is 32.5. The molecule has 0 atom stereocenters. The van der Waals surface area contributed by atoms with E-state index in [0.29, 0.717) is 39.4 Å². The van der Waals surface area contributed by atoms with E-state index in [2.05, 4.69) is 36.4 Å². The lowest BCUT2D eigenvalue weighted by Gasteiger charge is -2.29. The first-order chi connectivity index (χ1) is 26.3. The smallest absolute Gasteiger partial charge is 0.409 e. The second kappa shape index (κ2) is 17.2. The highest BCUT2D eigenvalue weighted by Crippen LogP contribution is 2.40. The zero-order valence-electron chi connectivity index (χ0n) is 31.0. The van der Waals surface area contributed by atoms with Gasteiger partial charge in [0.25, 0.3) is 0 Å². The van der Waals surface area contributed by atoms with E-state index in [-0.39, 0.29) is 12.2 Å². The monoisotopic (exact) mass is 764 g/mol. The lowest BCUT2D eigenvalue weighted by Crippen LogP contribution is -2.37. The molecule has 280 valence electrons. The van der Waals surface area contributed by atoms with Crippen molar-refractivity contribution in [3.63, 3.8) is 0 Å². The van der Waals surface area contributed by atoms with Gasteiger partial charge < -0.3 is 19.3 Å². The molecule has 0 N–H and O–H groups in total. The Morgan fingerprint density at radius 1 is 0.574 bits per heavy atom. The van der Waals surface area contributed by atoms with Crippen molar-refractivity contribution >= 4 is 46.5 Å². The van der Waals surface area contributed by atoms with Crippen LogP contribution in [0.4, 0.5) is 9.59 Å². The molecule has 54 heavy (non-hydrogen) atoms. The fourth-order valence-corrected chi connectivity index (χ4v) is 8.50. The van der Waals surface area contributed by atoms with E-state index in [1.54, 1.807) is 9.80 Å². The second-order valence-corrected chi connectivity index (χ2v) is 14.8. The molecule has 0 spiro atoms. The summed E-state index contributed by atoms with van der Waals surface area (Å²) in [5, 5.41) is 1.54. The third-order valence-corrected chi connectivity index (χ3v) is 11.2. The Labute approximate surface area is 327 Å². The molecular weight excluding hydrogens is 719 g/mol. The molecule has 2 aromatic heterocycles. The molecule has 2 amide bonds. The van der Waals surface area contributed by atoms with E-state index in [0.717, 1.165) is 72.8 Å².